The Kier molecular flexibility index (Phi) is 6.07. The van der Waals surface area contributed by atoms with Crippen molar-refractivity contribution in [1.82, 2.24) is 40.0 Å². The molecule has 3 rings (SSSR count). The lowest BCUT2D eigenvalue weighted by Crippen LogP contribution is -2.40. The average Bonchev–Trinajstić information content (AvgIpc) is 3.28. The van der Waals surface area contributed by atoms with Crippen molar-refractivity contribution < 1.29 is 9.53 Å². The van der Waals surface area contributed by atoms with E-state index >= 15 is 0 Å². The second-order valence-corrected chi connectivity index (χ2v) is 6.07. The maximum atomic E-state index is 12.4. The molecular formula is C15H24N8O2. The molecule has 0 spiro atoms. The highest BCUT2D eigenvalue weighted by Gasteiger charge is 2.18. The minimum atomic E-state index is -0.0949. The van der Waals surface area contributed by atoms with E-state index in [9.17, 15) is 4.79 Å². The van der Waals surface area contributed by atoms with Crippen LogP contribution in [0.1, 0.15) is 19.2 Å². The van der Waals surface area contributed by atoms with E-state index in [4.69, 9.17) is 4.74 Å². The zero-order valence-corrected chi connectivity index (χ0v) is 14.4. The van der Waals surface area contributed by atoms with Gasteiger partial charge in [-0.25, -0.2) is 9.67 Å². The van der Waals surface area contributed by atoms with Gasteiger partial charge in [0, 0.05) is 38.1 Å². The van der Waals surface area contributed by atoms with Crippen LogP contribution in [0.2, 0.25) is 0 Å². The third-order valence-corrected chi connectivity index (χ3v) is 4.22. The maximum Gasteiger partial charge on any atom is 0.242 e. The van der Waals surface area contributed by atoms with Crippen molar-refractivity contribution in [3.8, 4) is 0 Å². The number of ether oxygens (including phenoxy) is 1. The third kappa shape index (κ3) is 5.07. The smallest absolute Gasteiger partial charge is 0.242 e. The zero-order chi connectivity index (χ0) is 17.5. The zero-order valence-electron chi connectivity index (χ0n) is 14.4. The van der Waals surface area contributed by atoms with E-state index < -0.39 is 0 Å². The van der Waals surface area contributed by atoms with E-state index in [-0.39, 0.29) is 18.5 Å². The van der Waals surface area contributed by atoms with Crippen LogP contribution >= 0.6 is 0 Å². The summed E-state index contributed by atoms with van der Waals surface area (Å²) in [4.78, 5) is 18.6. The molecule has 136 valence electrons. The number of nitrogens with one attached hydrogen (secondary N) is 1. The summed E-state index contributed by atoms with van der Waals surface area (Å²) in [6, 6.07) is 0.0425. The van der Waals surface area contributed by atoms with Gasteiger partial charge in [-0.05, 0) is 16.8 Å². The van der Waals surface area contributed by atoms with Gasteiger partial charge in [0.1, 0.15) is 6.54 Å². The molecule has 1 unspecified atom stereocenters. The summed E-state index contributed by atoms with van der Waals surface area (Å²) in [5.41, 5.74) is 0. The second kappa shape index (κ2) is 8.67. The lowest BCUT2D eigenvalue weighted by molar-refractivity contribution is -0.122. The Labute approximate surface area is 146 Å². The number of imidazole rings is 1. The van der Waals surface area contributed by atoms with Crippen LogP contribution in [-0.2, 0) is 29.2 Å². The fraction of sp³-hybridized carbons (Fsp3) is 0.667. The van der Waals surface area contributed by atoms with E-state index in [1.807, 2.05) is 17.7 Å². The summed E-state index contributed by atoms with van der Waals surface area (Å²) in [6.45, 7) is 6.61. The Morgan fingerprint density at radius 3 is 2.96 bits per heavy atom. The highest BCUT2D eigenvalue weighted by Crippen LogP contribution is 2.04. The third-order valence-electron chi connectivity index (χ3n) is 4.22. The number of nitrogens with zero attached hydrogens (tertiary/aromatic N) is 7. The first kappa shape index (κ1) is 17.5. The van der Waals surface area contributed by atoms with Gasteiger partial charge in [-0.1, -0.05) is 6.92 Å². The van der Waals surface area contributed by atoms with Gasteiger partial charge >= 0.3 is 0 Å². The highest BCUT2D eigenvalue weighted by molar-refractivity contribution is 5.75. The van der Waals surface area contributed by atoms with Gasteiger partial charge in [-0.3, -0.25) is 9.69 Å². The van der Waals surface area contributed by atoms with Crippen molar-refractivity contribution in [3.63, 3.8) is 0 Å². The number of carbonyl (C=O) groups is 1. The van der Waals surface area contributed by atoms with Crippen molar-refractivity contribution in [2.24, 2.45) is 0 Å². The molecule has 1 aliphatic heterocycles. The van der Waals surface area contributed by atoms with Gasteiger partial charge in [0.15, 0.2) is 5.82 Å². The normalized spacial score (nSPS) is 16.7. The van der Waals surface area contributed by atoms with Gasteiger partial charge in [0.2, 0.25) is 5.91 Å². The van der Waals surface area contributed by atoms with Gasteiger partial charge in [-0.2, -0.15) is 0 Å². The van der Waals surface area contributed by atoms with Crippen LogP contribution in [0.25, 0.3) is 0 Å². The van der Waals surface area contributed by atoms with Crippen molar-refractivity contribution >= 4 is 5.91 Å². The molecule has 2 aromatic rings. The van der Waals surface area contributed by atoms with Crippen LogP contribution in [-0.4, -0.2) is 72.9 Å². The molecule has 25 heavy (non-hydrogen) atoms. The van der Waals surface area contributed by atoms with Crippen molar-refractivity contribution in [1.29, 1.82) is 0 Å². The second-order valence-electron chi connectivity index (χ2n) is 6.07. The molecule has 10 heteroatoms. The topological polar surface area (TPSA) is 103 Å². The molecule has 2 aromatic heterocycles. The molecule has 0 aromatic carbocycles. The summed E-state index contributed by atoms with van der Waals surface area (Å²) >= 11 is 0. The number of morpholine rings is 1. The maximum absolute atomic E-state index is 12.4. The Morgan fingerprint density at radius 2 is 2.24 bits per heavy atom. The summed E-state index contributed by atoms with van der Waals surface area (Å²) in [5.74, 6) is 0.599. The molecule has 1 amide bonds. The van der Waals surface area contributed by atoms with E-state index in [1.165, 1.54) is 0 Å². The quantitative estimate of drug-likeness (QED) is 0.672. The molecule has 0 aliphatic carbocycles. The van der Waals surface area contributed by atoms with Crippen molar-refractivity contribution in [2.45, 2.75) is 39.0 Å². The Hall–Kier alpha value is -2.33. The van der Waals surface area contributed by atoms with Crippen LogP contribution in [0.3, 0.4) is 0 Å². The first-order valence-electron chi connectivity index (χ1n) is 8.55. The van der Waals surface area contributed by atoms with Crippen molar-refractivity contribution in [3.05, 3.63) is 24.5 Å². The fourth-order valence-electron chi connectivity index (χ4n) is 2.75. The predicted molar refractivity (Wildman–Crippen MR) is 88.4 cm³/mol. The fourth-order valence-corrected chi connectivity index (χ4v) is 2.75. The largest absolute Gasteiger partial charge is 0.379 e. The molecule has 3 heterocycles. The minimum absolute atomic E-state index is 0.0425. The first-order chi connectivity index (χ1) is 12.2. The standard InChI is InChI=1S/C15H24N8O2/c1-2-13(9-22-4-3-16-12-22)17-15(24)11-23-14(18-19-20-23)10-21-5-7-25-8-6-21/h3-4,12-13H,2,5-11H2,1H3,(H,17,24). The lowest BCUT2D eigenvalue weighted by Gasteiger charge is -2.25. The molecule has 1 atom stereocenters. The minimum Gasteiger partial charge on any atom is -0.379 e. The first-order valence-corrected chi connectivity index (χ1v) is 8.55. The summed E-state index contributed by atoms with van der Waals surface area (Å²) < 4.78 is 8.86. The van der Waals surface area contributed by atoms with Crippen LogP contribution in [0.5, 0.6) is 0 Å². The van der Waals surface area contributed by atoms with Crippen LogP contribution in [0, 0.1) is 0 Å². The molecule has 1 aliphatic rings. The molecular weight excluding hydrogens is 324 g/mol. The van der Waals surface area contributed by atoms with Gasteiger partial charge in [0.05, 0.1) is 26.1 Å². The van der Waals surface area contributed by atoms with E-state index in [0.717, 1.165) is 19.5 Å². The highest BCUT2D eigenvalue weighted by atomic mass is 16.5. The molecule has 0 radical (unpaired) electrons. The molecule has 1 fully saturated rings. The Bertz CT molecular complexity index is 650. The van der Waals surface area contributed by atoms with Crippen LogP contribution < -0.4 is 5.32 Å². The number of tetrazole rings is 1. The molecule has 0 saturated carbocycles. The average molecular weight is 348 g/mol. The van der Waals surface area contributed by atoms with Crippen LogP contribution in [0.4, 0.5) is 0 Å². The summed E-state index contributed by atoms with van der Waals surface area (Å²) in [6.07, 6.45) is 6.20. The monoisotopic (exact) mass is 348 g/mol. The number of aromatic nitrogens is 6. The van der Waals surface area contributed by atoms with Gasteiger partial charge < -0.3 is 14.6 Å². The molecule has 10 nitrogen and oxygen atoms in total. The lowest BCUT2D eigenvalue weighted by atomic mass is 10.2. The Morgan fingerprint density at radius 1 is 1.40 bits per heavy atom. The number of carbonyl (C=O) groups excluding carboxylic acids is 1. The van der Waals surface area contributed by atoms with Crippen LogP contribution in [0.15, 0.2) is 18.7 Å². The van der Waals surface area contributed by atoms with Gasteiger partial charge in [0.25, 0.3) is 0 Å². The van der Waals surface area contributed by atoms with Crippen molar-refractivity contribution in [2.75, 3.05) is 26.3 Å². The Balaban J connectivity index is 1.52. The van der Waals surface area contributed by atoms with Gasteiger partial charge in [-0.15, -0.1) is 5.10 Å². The predicted octanol–water partition coefficient (Wildman–Crippen LogP) is -0.703. The molecule has 1 N–H and O–H groups in total. The summed E-state index contributed by atoms with van der Waals surface area (Å²) in [5, 5.41) is 14.8. The van der Waals surface area contributed by atoms with E-state index in [1.54, 1.807) is 17.2 Å². The van der Waals surface area contributed by atoms with E-state index in [2.05, 4.69) is 30.7 Å². The number of hydrogen-bond acceptors (Lipinski definition) is 7. The molecule has 0 bridgehead atoms. The van der Waals surface area contributed by atoms with E-state index in [0.29, 0.717) is 32.1 Å². The SMILES string of the molecule is CCC(Cn1ccnc1)NC(=O)Cn1nnnc1CN1CCOCC1. The number of hydrogen-bond donors (Lipinski definition) is 1. The number of amides is 1. The molecule has 1 saturated heterocycles. The summed E-state index contributed by atoms with van der Waals surface area (Å²) in [7, 11) is 0. The number of rotatable bonds is 8.